The van der Waals surface area contributed by atoms with E-state index in [-0.39, 0.29) is 12.5 Å². The van der Waals surface area contributed by atoms with Gasteiger partial charge < -0.3 is 49.9 Å². The lowest BCUT2D eigenvalue weighted by molar-refractivity contribution is -0.112. The van der Waals surface area contributed by atoms with Gasteiger partial charge in [0.2, 0.25) is 0 Å². The van der Waals surface area contributed by atoms with Gasteiger partial charge in [-0.2, -0.15) is 0 Å². The van der Waals surface area contributed by atoms with Crippen molar-refractivity contribution in [3.63, 3.8) is 0 Å². The Morgan fingerprint density at radius 2 is 1.34 bits per heavy atom. The minimum Gasteiger partial charge on any atom is -0.396 e. The minimum atomic E-state index is -1.09. The van der Waals surface area contributed by atoms with Crippen molar-refractivity contribution >= 4 is 56.1 Å². The fourth-order valence-electron chi connectivity index (χ4n) is 12.1. The maximum atomic E-state index is 12.0. The molecule has 0 radical (unpaired) electrons. The summed E-state index contributed by atoms with van der Waals surface area (Å²) in [5.41, 5.74) is 10.7. The second kappa shape index (κ2) is 16.6. The van der Waals surface area contributed by atoms with E-state index < -0.39 is 17.6 Å². The second-order valence-electron chi connectivity index (χ2n) is 19.7. The molecule has 0 bridgehead atoms. The van der Waals surface area contributed by atoms with Crippen molar-refractivity contribution in [2.24, 2.45) is 11.3 Å². The summed E-state index contributed by atoms with van der Waals surface area (Å²) in [6.07, 6.45) is 17.7. The number of hydrogen-bond acceptors (Lipinski definition) is 12. The van der Waals surface area contributed by atoms with Crippen LogP contribution in [0.5, 0.6) is 0 Å². The molecule has 2 saturated heterocycles. The Kier molecular flexibility index (Phi) is 10.4. The first kappa shape index (κ1) is 40.7. The van der Waals surface area contributed by atoms with Crippen LogP contribution < -0.4 is 20.0 Å². The SMILES string of the molecule is OCC1(C(O)C(O)[C@H]2CCN(c3cc4[nH]cnc4c(-c4ccc5c(c4)NCN5C4CCCCC4)n3)C2)CCN(c2cc3[nH]cnc3c(-c3ccc4c(c3)ncn4C3CCCCC3)n2)CC1. The summed E-state index contributed by atoms with van der Waals surface area (Å²) >= 11 is 0. The summed E-state index contributed by atoms with van der Waals surface area (Å²) in [6.45, 7) is 3.01. The number of aliphatic hydroxyl groups is 3. The number of piperidine rings is 1. The Morgan fingerprint density at radius 3 is 2.03 bits per heavy atom. The highest BCUT2D eigenvalue weighted by Crippen LogP contribution is 2.43. The zero-order valence-electron chi connectivity index (χ0n) is 37.0. The van der Waals surface area contributed by atoms with Crippen LogP contribution in [0.15, 0.2) is 67.5 Å². The summed E-state index contributed by atoms with van der Waals surface area (Å²) in [4.78, 5) is 38.2. The van der Waals surface area contributed by atoms with Crippen LogP contribution in [0, 0.1) is 11.3 Å². The van der Waals surface area contributed by atoms with Crippen LogP contribution in [-0.4, -0.2) is 112 Å². The number of rotatable bonds is 10. The van der Waals surface area contributed by atoms with Gasteiger partial charge in [-0.1, -0.05) is 50.7 Å². The second-order valence-corrected chi connectivity index (χ2v) is 19.7. The van der Waals surface area contributed by atoms with Crippen LogP contribution in [0.4, 0.5) is 23.0 Å². The number of benzene rings is 2. The molecule has 2 unspecified atom stereocenters. The number of nitrogens with zero attached hydrogens (tertiary/aromatic N) is 9. The van der Waals surface area contributed by atoms with Gasteiger partial charge in [0.1, 0.15) is 34.1 Å². The van der Waals surface area contributed by atoms with E-state index in [4.69, 9.17) is 15.0 Å². The lowest BCUT2D eigenvalue weighted by Crippen LogP contribution is -2.54. The molecule has 15 nitrogen and oxygen atoms in total. The molecule has 65 heavy (non-hydrogen) atoms. The van der Waals surface area contributed by atoms with Gasteiger partial charge in [-0.05, 0) is 69.2 Å². The molecule has 0 amide bonds. The predicted molar refractivity (Wildman–Crippen MR) is 255 cm³/mol. The van der Waals surface area contributed by atoms with Gasteiger partial charge in [-0.3, -0.25) is 0 Å². The summed E-state index contributed by atoms with van der Waals surface area (Å²) in [5.74, 6) is 1.44. The zero-order valence-corrected chi connectivity index (χ0v) is 37.0. The molecule has 2 saturated carbocycles. The summed E-state index contributed by atoms with van der Waals surface area (Å²) in [6, 6.07) is 18.2. The summed E-state index contributed by atoms with van der Waals surface area (Å²) in [7, 11) is 0. The van der Waals surface area contributed by atoms with E-state index in [1.165, 1.54) is 69.9 Å². The van der Waals surface area contributed by atoms with Crippen molar-refractivity contribution in [3.05, 3.63) is 67.5 Å². The maximum absolute atomic E-state index is 12.0. The number of nitrogens with one attached hydrogen (secondary N) is 3. The van der Waals surface area contributed by atoms with Crippen molar-refractivity contribution in [3.8, 4) is 22.5 Å². The van der Waals surface area contributed by atoms with Gasteiger partial charge in [0.15, 0.2) is 0 Å². The monoisotopic (exact) mass is 876 g/mol. The van der Waals surface area contributed by atoms with Gasteiger partial charge in [0.25, 0.3) is 0 Å². The average molecular weight is 877 g/mol. The number of aromatic amines is 2. The summed E-state index contributed by atoms with van der Waals surface area (Å²) in [5, 5.41) is 38.5. The number of aliphatic hydroxyl groups excluding tert-OH is 3. The molecular formula is C50H60N12O3. The van der Waals surface area contributed by atoms with Crippen molar-refractivity contribution in [2.75, 3.05) is 59.5 Å². The van der Waals surface area contributed by atoms with E-state index in [0.29, 0.717) is 57.5 Å². The molecule has 8 heterocycles. The van der Waals surface area contributed by atoms with E-state index >= 15 is 0 Å². The molecule has 2 aliphatic carbocycles. The van der Waals surface area contributed by atoms with Crippen LogP contribution in [0.3, 0.4) is 0 Å². The van der Waals surface area contributed by atoms with Gasteiger partial charge >= 0.3 is 0 Å². The number of anilines is 4. The molecule has 6 N–H and O–H groups in total. The van der Waals surface area contributed by atoms with E-state index in [1.807, 2.05) is 18.5 Å². The molecule has 4 fully saturated rings. The number of hydrogen-bond donors (Lipinski definition) is 6. The number of imidazole rings is 3. The maximum Gasteiger partial charge on any atom is 0.131 e. The highest BCUT2D eigenvalue weighted by Gasteiger charge is 2.47. The van der Waals surface area contributed by atoms with Crippen LogP contribution >= 0.6 is 0 Å². The molecule has 12 rings (SSSR count). The van der Waals surface area contributed by atoms with Crippen molar-refractivity contribution < 1.29 is 15.3 Å². The Balaban J connectivity index is 0.737. The van der Waals surface area contributed by atoms with Crippen LogP contribution in [0.2, 0.25) is 0 Å². The molecule has 2 aromatic carbocycles. The van der Waals surface area contributed by atoms with Crippen LogP contribution in [0.1, 0.15) is 89.5 Å². The molecule has 7 aromatic rings. The Bertz CT molecular complexity index is 2830. The molecule has 5 aliphatic rings. The molecule has 338 valence electrons. The first-order valence-corrected chi connectivity index (χ1v) is 24.2. The number of fused-ring (bicyclic) bond motifs is 4. The molecule has 0 spiro atoms. The van der Waals surface area contributed by atoms with Crippen LogP contribution in [0.25, 0.3) is 55.6 Å². The standard InChI is InChI=1S/C50H60N12O3/c63-26-50(16-19-59(20-17-50)42-23-38-46(53-27-51-38)44(57-42)31-11-13-40-36(21-31)55-29-61(40)34-7-3-1-4-8-34)49(65)48(64)33-15-18-60(25-33)43-24-39-47(54-28-52-39)45(58-43)32-12-14-41-37(22-32)56-30-62(41)35-9-5-2-6-10-35/h11-14,21-24,27-29,33-35,48-49,56,63-65H,1-10,15-20,25-26,30H2,(H,51,53)(H,52,54)/t33-,48?,49?/m0/s1. The van der Waals surface area contributed by atoms with Gasteiger partial charge in [0.05, 0.1) is 77.9 Å². The van der Waals surface area contributed by atoms with Crippen molar-refractivity contribution in [2.45, 2.75) is 108 Å². The highest BCUT2D eigenvalue weighted by atomic mass is 16.3. The fourth-order valence-corrected chi connectivity index (χ4v) is 12.1. The normalized spacial score (nSPS) is 21.7. The molecule has 3 aliphatic heterocycles. The lowest BCUT2D eigenvalue weighted by atomic mass is 9.70. The topological polar surface area (TPSA) is 183 Å². The lowest BCUT2D eigenvalue weighted by Gasteiger charge is -2.46. The Labute approximate surface area is 378 Å². The van der Waals surface area contributed by atoms with E-state index in [9.17, 15) is 15.3 Å². The quantitative estimate of drug-likeness (QED) is 0.0787. The van der Waals surface area contributed by atoms with E-state index in [1.54, 1.807) is 12.7 Å². The zero-order chi connectivity index (χ0) is 43.6. The van der Waals surface area contributed by atoms with E-state index in [2.05, 4.69) is 80.9 Å². The third-order valence-electron chi connectivity index (χ3n) is 16.0. The van der Waals surface area contributed by atoms with Gasteiger partial charge in [-0.25, -0.2) is 24.9 Å². The third-order valence-corrected chi connectivity index (χ3v) is 16.0. The number of aromatic nitrogens is 8. The highest BCUT2D eigenvalue weighted by molar-refractivity contribution is 5.95. The first-order chi connectivity index (χ1) is 31.9. The Morgan fingerprint density at radius 1 is 0.692 bits per heavy atom. The largest absolute Gasteiger partial charge is 0.396 e. The van der Waals surface area contributed by atoms with Gasteiger partial charge in [0, 0.05) is 72.9 Å². The summed E-state index contributed by atoms with van der Waals surface area (Å²) < 4.78 is 2.35. The van der Waals surface area contributed by atoms with E-state index in [0.717, 1.165) is 79.6 Å². The third kappa shape index (κ3) is 7.17. The van der Waals surface area contributed by atoms with Crippen molar-refractivity contribution in [1.82, 2.24) is 39.5 Å². The Hall–Kier alpha value is -5.77. The smallest absolute Gasteiger partial charge is 0.131 e. The predicted octanol–water partition coefficient (Wildman–Crippen LogP) is 7.77. The number of H-pyrrole nitrogens is 2. The van der Waals surface area contributed by atoms with Crippen molar-refractivity contribution in [1.29, 1.82) is 0 Å². The first-order valence-electron chi connectivity index (χ1n) is 24.2. The molecular weight excluding hydrogens is 817 g/mol. The number of pyridine rings is 2. The molecule has 5 aromatic heterocycles. The molecule has 15 heteroatoms. The van der Waals surface area contributed by atoms with Crippen LogP contribution in [-0.2, 0) is 0 Å². The molecule has 3 atom stereocenters. The fraction of sp³-hybridized carbons (Fsp3) is 0.500. The minimum absolute atomic E-state index is 0.192. The average Bonchev–Trinajstić information content (AvgIpc) is 4.23. The van der Waals surface area contributed by atoms with Gasteiger partial charge in [-0.15, -0.1) is 0 Å².